The first kappa shape index (κ1) is 27.3. The van der Waals surface area contributed by atoms with Gasteiger partial charge in [-0.1, -0.05) is 13.0 Å². The lowest BCUT2D eigenvalue weighted by Crippen LogP contribution is -2.44. The van der Waals surface area contributed by atoms with E-state index in [1.54, 1.807) is 24.8 Å². The van der Waals surface area contributed by atoms with Crippen LogP contribution in [0.4, 0.5) is 34.8 Å². The first-order chi connectivity index (χ1) is 18.5. The van der Waals surface area contributed by atoms with Crippen LogP contribution in [0.25, 0.3) is 0 Å². The van der Waals surface area contributed by atoms with Gasteiger partial charge in [-0.3, -0.25) is 0 Å². The second kappa shape index (κ2) is 10.4. The summed E-state index contributed by atoms with van der Waals surface area (Å²) in [4.78, 5) is 21.0. The van der Waals surface area contributed by atoms with E-state index in [4.69, 9.17) is 4.98 Å². The lowest BCUT2D eigenvalue weighted by atomic mass is 9.81. The van der Waals surface area contributed by atoms with Crippen LogP contribution in [-0.2, 0) is 15.1 Å². The van der Waals surface area contributed by atoms with Crippen molar-refractivity contribution in [3.8, 4) is 0 Å². The molecule has 5 rings (SSSR count). The summed E-state index contributed by atoms with van der Waals surface area (Å²) in [5.41, 5.74) is 3.62. The Labute approximate surface area is 231 Å². The quantitative estimate of drug-likeness (QED) is 0.473. The summed E-state index contributed by atoms with van der Waals surface area (Å²) in [6.45, 7) is 10.3. The molecular formula is C28H38N8O2S. The van der Waals surface area contributed by atoms with Gasteiger partial charge in [0.15, 0.2) is 5.82 Å². The minimum atomic E-state index is -2.36. The molecule has 1 saturated heterocycles. The van der Waals surface area contributed by atoms with Crippen LogP contribution in [0, 0.1) is 6.92 Å². The number of likely N-dealkylation sites (N-methyl/N-ethyl adjacent to an activating group) is 1. The number of aromatic nitrogens is 3. The minimum absolute atomic E-state index is 0.0669. The molecule has 2 aliphatic heterocycles. The number of hydrogen-bond acceptors (Lipinski definition) is 10. The van der Waals surface area contributed by atoms with Gasteiger partial charge in [0.1, 0.15) is 11.6 Å². The Morgan fingerprint density at radius 1 is 1.15 bits per heavy atom. The first-order valence-electron chi connectivity index (χ1n) is 13.2. The molecule has 1 fully saturated rings. The normalized spacial score (nSPS) is 21.7. The SMILES string of the molecule is Cc1cc(Nc2ncc3c(n2)N(c2cccc(N=S(C)(C)=O)n2)[C@@H](C)[C@@]3(C)CO)ccc1N1CCN(C)CC1. The van der Waals surface area contributed by atoms with Gasteiger partial charge in [0.2, 0.25) is 5.95 Å². The van der Waals surface area contributed by atoms with E-state index in [9.17, 15) is 9.32 Å². The Kier molecular flexibility index (Phi) is 7.25. The van der Waals surface area contributed by atoms with Gasteiger partial charge in [-0.2, -0.15) is 9.35 Å². The summed E-state index contributed by atoms with van der Waals surface area (Å²) in [6, 6.07) is 11.7. The van der Waals surface area contributed by atoms with Crippen molar-refractivity contribution in [1.29, 1.82) is 0 Å². The maximum atomic E-state index is 12.3. The highest BCUT2D eigenvalue weighted by molar-refractivity contribution is 7.92. The van der Waals surface area contributed by atoms with E-state index in [0.717, 1.165) is 37.4 Å². The van der Waals surface area contributed by atoms with E-state index in [0.29, 0.717) is 23.4 Å². The number of rotatable bonds is 6. The number of benzene rings is 1. The third-order valence-corrected chi connectivity index (χ3v) is 8.45. The average molecular weight is 551 g/mol. The first-order valence-corrected chi connectivity index (χ1v) is 15.5. The zero-order chi connectivity index (χ0) is 27.9. The Bertz CT molecular complexity index is 1490. The maximum absolute atomic E-state index is 12.3. The Morgan fingerprint density at radius 2 is 1.90 bits per heavy atom. The molecular weight excluding hydrogens is 512 g/mol. The molecule has 0 saturated carbocycles. The van der Waals surface area contributed by atoms with Crippen molar-refractivity contribution in [3.05, 3.63) is 53.7 Å². The highest BCUT2D eigenvalue weighted by Crippen LogP contribution is 2.47. The topological polar surface area (TPSA) is 110 Å². The van der Waals surface area contributed by atoms with E-state index in [1.165, 1.54) is 11.3 Å². The van der Waals surface area contributed by atoms with E-state index in [1.807, 2.05) is 30.9 Å². The number of aliphatic hydroxyl groups excluding tert-OH is 1. The van der Waals surface area contributed by atoms with Crippen molar-refractivity contribution in [1.82, 2.24) is 19.9 Å². The molecule has 2 atom stereocenters. The molecule has 2 aromatic heterocycles. The van der Waals surface area contributed by atoms with Crippen molar-refractivity contribution in [3.63, 3.8) is 0 Å². The molecule has 39 heavy (non-hydrogen) atoms. The van der Waals surface area contributed by atoms with Crippen molar-refractivity contribution < 1.29 is 9.32 Å². The largest absolute Gasteiger partial charge is 0.395 e. The third-order valence-electron chi connectivity index (χ3n) is 7.83. The number of fused-ring (bicyclic) bond motifs is 1. The van der Waals surface area contributed by atoms with E-state index in [2.05, 4.69) is 61.6 Å². The molecule has 3 aromatic rings. The van der Waals surface area contributed by atoms with Gasteiger partial charge >= 0.3 is 0 Å². The van der Waals surface area contributed by atoms with Crippen LogP contribution in [0.2, 0.25) is 0 Å². The summed E-state index contributed by atoms with van der Waals surface area (Å²) >= 11 is 0. The predicted molar refractivity (Wildman–Crippen MR) is 159 cm³/mol. The summed E-state index contributed by atoms with van der Waals surface area (Å²) in [5, 5.41) is 13.8. The molecule has 0 spiro atoms. The molecule has 2 N–H and O–H groups in total. The van der Waals surface area contributed by atoms with Gasteiger partial charge in [0.05, 0.1) is 6.61 Å². The van der Waals surface area contributed by atoms with Crippen molar-refractivity contribution in [2.75, 3.05) is 67.5 Å². The molecule has 10 nitrogen and oxygen atoms in total. The molecule has 0 unspecified atom stereocenters. The number of pyridine rings is 1. The van der Waals surface area contributed by atoms with Crippen LogP contribution in [0.5, 0.6) is 0 Å². The van der Waals surface area contributed by atoms with Crippen molar-refractivity contribution in [2.24, 2.45) is 4.36 Å². The fraction of sp³-hybridized carbons (Fsp3) is 0.464. The number of aryl methyl sites for hydroxylation is 1. The van der Waals surface area contributed by atoms with Crippen LogP contribution < -0.4 is 15.1 Å². The molecule has 208 valence electrons. The number of nitrogens with one attached hydrogen (secondary N) is 1. The van der Waals surface area contributed by atoms with Crippen LogP contribution in [0.15, 0.2) is 47.0 Å². The highest BCUT2D eigenvalue weighted by atomic mass is 32.2. The zero-order valence-corrected chi connectivity index (χ0v) is 24.4. The molecule has 11 heteroatoms. The Balaban J connectivity index is 1.47. The number of hydrogen-bond donors (Lipinski definition) is 2. The molecule has 1 aromatic carbocycles. The summed E-state index contributed by atoms with van der Waals surface area (Å²) in [7, 11) is -0.202. The second-order valence-electron chi connectivity index (χ2n) is 11.1. The number of nitrogens with zero attached hydrogens (tertiary/aromatic N) is 7. The van der Waals surface area contributed by atoms with Crippen LogP contribution in [0.3, 0.4) is 0 Å². The minimum Gasteiger partial charge on any atom is -0.395 e. The standard InChI is InChI=1S/C28H38N8O2S/c1-19-16-21(10-11-23(19)35-14-12-34(4)13-15-35)30-27-29-17-22-26(32-27)36(20(2)28(22,3)18-37)25-9-7-8-24(31-25)33-39(5,6)38/h7-11,16-17,20,37H,12-15,18H2,1-6H3,(H,29,30,32)/t20-,28+/m0/s1. The molecule has 0 bridgehead atoms. The van der Waals surface area contributed by atoms with Gasteiger partial charge in [-0.05, 0) is 56.8 Å². The summed E-state index contributed by atoms with van der Waals surface area (Å²) in [6.07, 6.45) is 4.97. The van der Waals surface area contributed by atoms with Crippen LogP contribution in [0.1, 0.15) is 25.0 Å². The smallest absolute Gasteiger partial charge is 0.229 e. The fourth-order valence-corrected chi connectivity index (χ4v) is 5.88. The highest BCUT2D eigenvalue weighted by Gasteiger charge is 2.47. The average Bonchev–Trinajstić information content (AvgIpc) is 3.10. The number of piperazine rings is 1. The predicted octanol–water partition coefficient (Wildman–Crippen LogP) is 3.82. The van der Waals surface area contributed by atoms with E-state index in [-0.39, 0.29) is 12.6 Å². The van der Waals surface area contributed by atoms with Crippen LogP contribution >= 0.6 is 0 Å². The number of aliphatic hydroxyl groups is 1. The van der Waals surface area contributed by atoms with Gasteiger partial charge in [-0.25, -0.2) is 14.2 Å². The Hall–Kier alpha value is -3.28. The molecule has 2 aliphatic rings. The zero-order valence-electron chi connectivity index (χ0n) is 23.5. The molecule has 4 heterocycles. The molecule has 0 aliphatic carbocycles. The van der Waals surface area contributed by atoms with E-state index >= 15 is 0 Å². The fourth-order valence-electron chi connectivity index (χ4n) is 5.32. The van der Waals surface area contributed by atoms with Gasteiger partial charge in [0, 0.05) is 83.0 Å². The summed E-state index contributed by atoms with van der Waals surface area (Å²) < 4.78 is 16.6. The number of anilines is 5. The summed E-state index contributed by atoms with van der Waals surface area (Å²) in [5.74, 6) is 2.17. The molecule has 0 amide bonds. The lowest BCUT2D eigenvalue weighted by Gasteiger charge is -2.35. The van der Waals surface area contributed by atoms with Crippen molar-refractivity contribution >= 4 is 44.5 Å². The third kappa shape index (κ3) is 5.43. The second-order valence-corrected chi connectivity index (χ2v) is 13.6. The van der Waals surface area contributed by atoms with Crippen LogP contribution in [-0.4, -0.2) is 87.6 Å². The van der Waals surface area contributed by atoms with E-state index < -0.39 is 15.1 Å². The lowest BCUT2D eigenvalue weighted by molar-refractivity contribution is 0.194. The van der Waals surface area contributed by atoms with Gasteiger partial charge in [-0.15, -0.1) is 0 Å². The molecule has 0 radical (unpaired) electrons. The van der Waals surface area contributed by atoms with Crippen molar-refractivity contribution in [2.45, 2.75) is 32.2 Å². The van der Waals surface area contributed by atoms with Gasteiger partial charge < -0.3 is 25.1 Å². The Morgan fingerprint density at radius 3 is 2.56 bits per heavy atom. The maximum Gasteiger partial charge on any atom is 0.229 e. The van der Waals surface area contributed by atoms with Gasteiger partial charge in [0.25, 0.3) is 0 Å². The monoisotopic (exact) mass is 550 g/mol.